The van der Waals surface area contributed by atoms with Gasteiger partial charge in [-0.1, -0.05) is 0 Å². The number of primary amides is 1. The van der Waals surface area contributed by atoms with E-state index in [-0.39, 0.29) is 23.1 Å². The van der Waals surface area contributed by atoms with E-state index in [1.54, 1.807) is 29.8 Å². The van der Waals surface area contributed by atoms with Crippen LogP contribution in [0.5, 0.6) is 0 Å². The first-order valence-electron chi connectivity index (χ1n) is 14.1. The van der Waals surface area contributed by atoms with Gasteiger partial charge in [-0.15, -0.1) is 11.3 Å². The second kappa shape index (κ2) is 11.3. The predicted octanol–water partition coefficient (Wildman–Crippen LogP) is 2.78. The number of aromatic nitrogens is 3. The number of H-pyrrole nitrogens is 1. The van der Waals surface area contributed by atoms with Gasteiger partial charge in [0.2, 0.25) is 5.91 Å². The third-order valence-corrected chi connectivity index (χ3v) is 10.6. The standard InChI is InChI=1S/C29H37N7O4S2/c1-29(2,28(30)37)17-34-6-8-35(9-7-34)27(25-14-23-26(41-25)15-31-18-33-23)36-10-11-40-24(16-36)21-12-19(42(3,38)39)13-22-20(21)4-5-32-22/h4-5,12-15,18,24,27,32H,6-11,16-17H2,1-3H3,(H2,30,37). The van der Waals surface area contributed by atoms with E-state index in [1.165, 1.54) is 11.1 Å². The molecule has 2 fully saturated rings. The molecule has 6 rings (SSSR count). The van der Waals surface area contributed by atoms with Crippen LogP contribution >= 0.6 is 11.3 Å². The van der Waals surface area contributed by atoms with E-state index in [0.717, 1.165) is 59.4 Å². The highest BCUT2D eigenvalue weighted by Crippen LogP contribution is 2.39. The monoisotopic (exact) mass is 611 g/mol. The van der Waals surface area contributed by atoms with E-state index in [2.05, 4.69) is 35.7 Å². The summed E-state index contributed by atoms with van der Waals surface area (Å²) in [6.45, 7) is 9.59. The van der Waals surface area contributed by atoms with Crippen LogP contribution in [-0.4, -0.2) is 103 Å². The Hall–Kier alpha value is -2.94. The van der Waals surface area contributed by atoms with Gasteiger partial charge in [0.1, 0.15) is 6.33 Å². The summed E-state index contributed by atoms with van der Waals surface area (Å²) in [7, 11) is -3.40. The molecule has 13 heteroatoms. The molecule has 5 heterocycles. The van der Waals surface area contributed by atoms with Gasteiger partial charge < -0.3 is 15.5 Å². The van der Waals surface area contributed by atoms with Gasteiger partial charge in [0.25, 0.3) is 0 Å². The maximum absolute atomic E-state index is 12.5. The Morgan fingerprint density at radius 2 is 1.98 bits per heavy atom. The van der Waals surface area contributed by atoms with Crippen molar-refractivity contribution in [2.75, 3.05) is 58.7 Å². The first kappa shape index (κ1) is 29.1. The summed E-state index contributed by atoms with van der Waals surface area (Å²) in [6, 6.07) is 7.60. The van der Waals surface area contributed by atoms with Crippen molar-refractivity contribution in [1.82, 2.24) is 29.7 Å². The number of piperazine rings is 1. The number of nitrogens with two attached hydrogens (primary N) is 1. The highest BCUT2D eigenvalue weighted by atomic mass is 32.2. The second-order valence-corrected chi connectivity index (χ2v) is 15.1. The maximum Gasteiger partial charge on any atom is 0.224 e. The van der Waals surface area contributed by atoms with Crippen LogP contribution in [0.1, 0.15) is 36.6 Å². The third kappa shape index (κ3) is 5.81. The fourth-order valence-corrected chi connectivity index (χ4v) is 7.88. The Balaban J connectivity index is 1.31. The van der Waals surface area contributed by atoms with Crippen molar-refractivity contribution in [1.29, 1.82) is 0 Å². The van der Waals surface area contributed by atoms with Crippen LogP contribution in [-0.2, 0) is 19.4 Å². The number of aromatic amines is 1. The lowest BCUT2D eigenvalue weighted by molar-refractivity contribution is -0.127. The van der Waals surface area contributed by atoms with E-state index < -0.39 is 15.3 Å². The molecule has 11 nitrogen and oxygen atoms in total. The quantitative estimate of drug-likeness (QED) is 0.308. The first-order chi connectivity index (χ1) is 20.0. The number of benzene rings is 1. The fraction of sp³-hybridized carbons (Fsp3) is 0.483. The Kier molecular flexibility index (Phi) is 7.83. The van der Waals surface area contributed by atoms with Crippen molar-refractivity contribution in [3.8, 4) is 0 Å². The lowest BCUT2D eigenvalue weighted by atomic mass is 9.91. The minimum absolute atomic E-state index is 0.0123. The molecule has 2 aliphatic rings. The summed E-state index contributed by atoms with van der Waals surface area (Å²) in [5.41, 5.74) is 7.65. The minimum atomic E-state index is -3.40. The van der Waals surface area contributed by atoms with Gasteiger partial charge in [-0.05, 0) is 43.7 Å². The predicted molar refractivity (Wildman–Crippen MR) is 163 cm³/mol. The molecule has 2 aliphatic heterocycles. The van der Waals surface area contributed by atoms with Gasteiger partial charge in [-0.3, -0.25) is 19.5 Å². The zero-order valence-electron chi connectivity index (χ0n) is 24.1. The van der Waals surface area contributed by atoms with Crippen molar-refractivity contribution >= 4 is 48.2 Å². The molecule has 224 valence electrons. The molecule has 1 amide bonds. The van der Waals surface area contributed by atoms with Crippen LogP contribution in [0.25, 0.3) is 21.1 Å². The van der Waals surface area contributed by atoms with Gasteiger partial charge in [0, 0.05) is 80.2 Å². The van der Waals surface area contributed by atoms with Crippen LogP contribution in [0.2, 0.25) is 0 Å². The van der Waals surface area contributed by atoms with Gasteiger partial charge in [0.15, 0.2) is 9.84 Å². The molecule has 4 aromatic rings. The molecule has 0 aliphatic carbocycles. The first-order valence-corrected chi connectivity index (χ1v) is 16.8. The number of amides is 1. The Bertz CT molecular complexity index is 1680. The molecule has 0 radical (unpaired) electrons. The van der Waals surface area contributed by atoms with E-state index in [4.69, 9.17) is 10.5 Å². The van der Waals surface area contributed by atoms with Crippen LogP contribution in [0.4, 0.5) is 0 Å². The van der Waals surface area contributed by atoms with E-state index >= 15 is 0 Å². The molecule has 0 spiro atoms. The number of nitrogens with one attached hydrogen (secondary N) is 1. The van der Waals surface area contributed by atoms with Crippen LogP contribution in [0, 0.1) is 5.41 Å². The smallest absolute Gasteiger partial charge is 0.224 e. The van der Waals surface area contributed by atoms with Crippen molar-refractivity contribution in [2.24, 2.45) is 11.1 Å². The Morgan fingerprint density at radius 3 is 2.69 bits per heavy atom. The summed E-state index contributed by atoms with van der Waals surface area (Å²) in [4.78, 5) is 32.6. The molecule has 3 N–H and O–H groups in total. The van der Waals surface area contributed by atoms with Gasteiger partial charge in [-0.2, -0.15) is 0 Å². The molecule has 0 saturated carbocycles. The van der Waals surface area contributed by atoms with E-state index in [0.29, 0.717) is 19.7 Å². The molecule has 1 aromatic carbocycles. The number of ether oxygens (including phenoxy) is 1. The maximum atomic E-state index is 12.5. The zero-order valence-corrected chi connectivity index (χ0v) is 25.7. The average Bonchev–Trinajstić information content (AvgIpc) is 3.60. The van der Waals surface area contributed by atoms with Crippen LogP contribution in [0.15, 0.2) is 47.9 Å². The fourth-order valence-electron chi connectivity index (χ4n) is 6.05. The van der Waals surface area contributed by atoms with Gasteiger partial charge >= 0.3 is 0 Å². The molecule has 42 heavy (non-hydrogen) atoms. The summed E-state index contributed by atoms with van der Waals surface area (Å²) < 4.78 is 32.4. The lowest BCUT2D eigenvalue weighted by Gasteiger charge is -2.46. The van der Waals surface area contributed by atoms with Gasteiger partial charge in [0.05, 0.1) is 39.4 Å². The Morgan fingerprint density at radius 1 is 1.19 bits per heavy atom. The minimum Gasteiger partial charge on any atom is -0.371 e. The number of morpholine rings is 1. The zero-order chi connectivity index (χ0) is 29.6. The number of carbonyl (C=O) groups is 1. The SMILES string of the molecule is CC(C)(CN1CCN(C(c2cc3ncncc3s2)N2CCOC(c3cc(S(C)(=O)=O)cc4[nH]ccc34)C2)CC1)C(N)=O. The number of sulfone groups is 1. The van der Waals surface area contributed by atoms with Crippen molar-refractivity contribution in [2.45, 2.75) is 31.0 Å². The number of hydrogen-bond donors (Lipinski definition) is 2. The molecule has 2 saturated heterocycles. The lowest BCUT2D eigenvalue weighted by Crippen LogP contribution is -2.55. The highest BCUT2D eigenvalue weighted by molar-refractivity contribution is 7.90. The highest BCUT2D eigenvalue weighted by Gasteiger charge is 2.37. The van der Waals surface area contributed by atoms with Crippen molar-refractivity contribution < 1.29 is 17.9 Å². The second-order valence-electron chi connectivity index (χ2n) is 11.9. The molecule has 2 atom stereocenters. The van der Waals surface area contributed by atoms with E-state index in [1.807, 2.05) is 32.3 Å². The molecular formula is C29H37N7O4S2. The largest absolute Gasteiger partial charge is 0.371 e. The van der Waals surface area contributed by atoms with Crippen LogP contribution in [0.3, 0.4) is 0 Å². The number of thiophene rings is 1. The molecule has 0 bridgehead atoms. The van der Waals surface area contributed by atoms with Crippen molar-refractivity contribution in [3.05, 3.63) is 53.4 Å². The summed E-state index contributed by atoms with van der Waals surface area (Å²) in [5, 5.41) is 0.966. The van der Waals surface area contributed by atoms with Gasteiger partial charge in [-0.25, -0.2) is 18.4 Å². The Labute approximate surface area is 249 Å². The average molecular weight is 612 g/mol. The van der Waals surface area contributed by atoms with E-state index in [9.17, 15) is 13.2 Å². The normalized spacial score (nSPS) is 20.8. The number of carbonyl (C=O) groups excluding carboxylic acids is 1. The molecule has 3 aromatic heterocycles. The summed E-state index contributed by atoms with van der Waals surface area (Å²) >= 11 is 1.71. The summed E-state index contributed by atoms with van der Waals surface area (Å²) in [6.07, 6.45) is 6.20. The number of hydrogen-bond acceptors (Lipinski definition) is 10. The third-order valence-electron chi connectivity index (χ3n) is 8.40. The number of nitrogens with zero attached hydrogens (tertiary/aromatic N) is 5. The van der Waals surface area contributed by atoms with Crippen LogP contribution < -0.4 is 5.73 Å². The molecular weight excluding hydrogens is 574 g/mol. The topological polar surface area (TPSA) is 138 Å². The van der Waals surface area contributed by atoms with Crippen molar-refractivity contribution in [3.63, 3.8) is 0 Å². The molecule has 2 unspecified atom stereocenters. The number of fused-ring (bicyclic) bond motifs is 2. The number of rotatable bonds is 8. The summed E-state index contributed by atoms with van der Waals surface area (Å²) in [5.74, 6) is -0.287.